The number of ether oxygens (including phenoxy) is 1. The molecule has 0 saturated carbocycles. The molecule has 1 unspecified atom stereocenters. The molecule has 0 spiro atoms. The Bertz CT molecular complexity index is 306. The van der Waals surface area contributed by atoms with Crippen LogP contribution in [0.5, 0.6) is 0 Å². The molecule has 2 rings (SSSR count). The molecule has 0 amide bonds. The van der Waals surface area contributed by atoms with Crippen LogP contribution in [0.4, 0.5) is 0 Å². The van der Waals surface area contributed by atoms with Crippen molar-refractivity contribution in [1.29, 1.82) is 0 Å². The third kappa shape index (κ3) is 3.35. The Kier molecular flexibility index (Phi) is 4.66. The van der Waals surface area contributed by atoms with Crippen molar-refractivity contribution in [2.45, 2.75) is 39.0 Å². The van der Waals surface area contributed by atoms with Gasteiger partial charge in [0.1, 0.15) is 0 Å². The summed E-state index contributed by atoms with van der Waals surface area (Å²) in [6.45, 7) is 6.00. The highest BCUT2D eigenvalue weighted by atomic mass is 16.5. The molecule has 1 saturated heterocycles. The smallest absolute Gasteiger partial charge is 0.0961 e. The van der Waals surface area contributed by atoms with Crippen molar-refractivity contribution in [2.24, 2.45) is 5.92 Å². The van der Waals surface area contributed by atoms with Gasteiger partial charge in [-0.15, -0.1) is 0 Å². The third-order valence-electron chi connectivity index (χ3n) is 4.00. The molecule has 2 aliphatic rings. The van der Waals surface area contributed by atoms with Gasteiger partial charge in [0.15, 0.2) is 0 Å². The summed E-state index contributed by atoms with van der Waals surface area (Å²) in [5, 5.41) is 0. The average Bonchev–Trinajstić information content (AvgIpc) is 2.38. The fraction of sp³-hybridized carbons (Fsp3) is 0.733. The molecule has 1 aliphatic heterocycles. The van der Waals surface area contributed by atoms with Crippen LogP contribution in [0.15, 0.2) is 23.5 Å². The second-order valence-electron chi connectivity index (χ2n) is 5.25. The monoisotopic (exact) mass is 235 g/mol. The molecule has 0 N–H and O–H groups in total. The molecule has 96 valence electrons. The largest absolute Gasteiger partial charge is 0.501 e. The minimum Gasteiger partial charge on any atom is -0.501 e. The molecular formula is C15H25NO. The first-order valence-corrected chi connectivity index (χ1v) is 6.99. The number of hydrogen-bond donors (Lipinski definition) is 0. The van der Waals surface area contributed by atoms with Crippen LogP contribution in [0.2, 0.25) is 0 Å². The molecule has 17 heavy (non-hydrogen) atoms. The van der Waals surface area contributed by atoms with Crippen molar-refractivity contribution < 1.29 is 4.74 Å². The van der Waals surface area contributed by atoms with Crippen molar-refractivity contribution in [3.05, 3.63) is 23.5 Å². The summed E-state index contributed by atoms with van der Waals surface area (Å²) >= 11 is 0. The molecule has 0 bridgehead atoms. The van der Waals surface area contributed by atoms with Gasteiger partial charge in [-0.25, -0.2) is 0 Å². The molecule has 1 heterocycles. The predicted octanol–water partition coefficient (Wildman–Crippen LogP) is 3.36. The molecule has 0 aromatic rings. The number of methoxy groups -OCH3 is 1. The highest BCUT2D eigenvalue weighted by Crippen LogP contribution is 2.32. The lowest BCUT2D eigenvalue weighted by Gasteiger charge is -2.36. The van der Waals surface area contributed by atoms with E-state index in [-0.39, 0.29) is 0 Å². The van der Waals surface area contributed by atoms with Gasteiger partial charge in [0, 0.05) is 13.0 Å². The van der Waals surface area contributed by atoms with Gasteiger partial charge < -0.3 is 4.74 Å². The first kappa shape index (κ1) is 12.7. The number of rotatable bonds is 5. The van der Waals surface area contributed by atoms with Crippen LogP contribution in [0.25, 0.3) is 0 Å². The number of fused-ring (bicyclic) bond motifs is 1. The van der Waals surface area contributed by atoms with Gasteiger partial charge in [0.2, 0.25) is 0 Å². The van der Waals surface area contributed by atoms with E-state index < -0.39 is 0 Å². The summed E-state index contributed by atoms with van der Waals surface area (Å²) in [6, 6.07) is 0. The summed E-state index contributed by atoms with van der Waals surface area (Å²) in [5.74, 6) is 1.90. The lowest BCUT2D eigenvalue weighted by atomic mass is 9.84. The van der Waals surface area contributed by atoms with E-state index in [1.54, 1.807) is 12.7 Å². The van der Waals surface area contributed by atoms with E-state index in [1.807, 2.05) is 0 Å². The van der Waals surface area contributed by atoms with E-state index in [0.29, 0.717) is 0 Å². The van der Waals surface area contributed by atoms with Gasteiger partial charge in [0.05, 0.1) is 12.9 Å². The van der Waals surface area contributed by atoms with Crippen LogP contribution in [0, 0.1) is 5.92 Å². The Morgan fingerprint density at radius 2 is 2.24 bits per heavy atom. The van der Waals surface area contributed by atoms with E-state index in [4.69, 9.17) is 4.74 Å². The first-order valence-electron chi connectivity index (χ1n) is 6.99. The fourth-order valence-electron chi connectivity index (χ4n) is 2.85. The normalized spacial score (nSPS) is 24.9. The van der Waals surface area contributed by atoms with Crippen LogP contribution in [0.3, 0.4) is 0 Å². The molecule has 0 aromatic heterocycles. The first-order chi connectivity index (χ1) is 8.33. The van der Waals surface area contributed by atoms with Crippen molar-refractivity contribution in [3.63, 3.8) is 0 Å². The maximum Gasteiger partial charge on any atom is 0.0961 e. The second-order valence-corrected chi connectivity index (χ2v) is 5.25. The van der Waals surface area contributed by atoms with Crippen LogP contribution < -0.4 is 0 Å². The number of hydrogen-bond acceptors (Lipinski definition) is 2. The average molecular weight is 235 g/mol. The topological polar surface area (TPSA) is 12.5 Å². The van der Waals surface area contributed by atoms with Crippen LogP contribution >= 0.6 is 0 Å². The molecule has 2 heteroatoms. The maximum atomic E-state index is 5.35. The second kappa shape index (κ2) is 6.25. The number of unbranched alkanes of at least 4 members (excludes halogenated alkanes) is 2. The Balaban J connectivity index is 1.86. The van der Waals surface area contributed by atoms with Crippen molar-refractivity contribution in [2.75, 3.05) is 26.7 Å². The zero-order valence-electron chi connectivity index (χ0n) is 11.2. The molecule has 1 aliphatic carbocycles. The Morgan fingerprint density at radius 1 is 1.35 bits per heavy atom. The van der Waals surface area contributed by atoms with Crippen LogP contribution in [-0.2, 0) is 4.74 Å². The summed E-state index contributed by atoms with van der Waals surface area (Å²) in [4.78, 5) is 2.61. The molecule has 2 nitrogen and oxygen atoms in total. The quantitative estimate of drug-likeness (QED) is 0.678. The zero-order chi connectivity index (χ0) is 12.1. The summed E-state index contributed by atoms with van der Waals surface area (Å²) in [7, 11) is 1.78. The minimum atomic E-state index is 0.748. The van der Waals surface area contributed by atoms with Crippen molar-refractivity contribution in [1.82, 2.24) is 4.90 Å². The molecular weight excluding hydrogens is 210 g/mol. The number of piperidine rings is 1. The number of allylic oxidation sites excluding steroid dienone is 3. The Hall–Kier alpha value is -0.760. The van der Waals surface area contributed by atoms with E-state index in [9.17, 15) is 0 Å². The molecule has 1 atom stereocenters. The van der Waals surface area contributed by atoms with Crippen molar-refractivity contribution >= 4 is 0 Å². The van der Waals surface area contributed by atoms with Gasteiger partial charge in [-0.05, 0) is 37.9 Å². The number of likely N-dealkylation sites (tertiary alicyclic amines) is 1. The number of nitrogens with zero attached hydrogens (tertiary/aromatic N) is 1. The lowest BCUT2D eigenvalue weighted by molar-refractivity contribution is 0.204. The van der Waals surface area contributed by atoms with Gasteiger partial charge in [-0.1, -0.05) is 31.4 Å². The Morgan fingerprint density at radius 3 is 3.00 bits per heavy atom. The summed E-state index contributed by atoms with van der Waals surface area (Å²) in [5.41, 5.74) is 1.62. The SMILES string of the molecule is CCCCCN1CCC2CC(OC)=CC=C2C1. The molecule has 0 aromatic carbocycles. The third-order valence-corrected chi connectivity index (χ3v) is 4.00. The summed E-state index contributed by atoms with van der Waals surface area (Å²) < 4.78 is 5.35. The van der Waals surface area contributed by atoms with Gasteiger partial charge in [0.25, 0.3) is 0 Å². The van der Waals surface area contributed by atoms with Gasteiger partial charge >= 0.3 is 0 Å². The van der Waals surface area contributed by atoms with Crippen LogP contribution in [-0.4, -0.2) is 31.6 Å². The predicted molar refractivity (Wildman–Crippen MR) is 71.9 cm³/mol. The lowest BCUT2D eigenvalue weighted by Crippen LogP contribution is -2.37. The minimum absolute atomic E-state index is 0.748. The molecule has 1 fully saturated rings. The Labute approximate surface area is 105 Å². The van der Waals surface area contributed by atoms with Gasteiger partial charge in [-0.3, -0.25) is 4.90 Å². The summed E-state index contributed by atoms with van der Waals surface area (Å²) in [6.07, 6.45) is 10.9. The van der Waals surface area contributed by atoms with E-state index in [0.717, 1.165) is 18.1 Å². The van der Waals surface area contributed by atoms with Crippen molar-refractivity contribution in [3.8, 4) is 0 Å². The van der Waals surface area contributed by atoms with Crippen LogP contribution in [0.1, 0.15) is 39.0 Å². The maximum absolute atomic E-state index is 5.35. The highest BCUT2D eigenvalue weighted by molar-refractivity contribution is 5.26. The van der Waals surface area contributed by atoms with E-state index >= 15 is 0 Å². The fourth-order valence-corrected chi connectivity index (χ4v) is 2.85. The van der Waals surface area contributed by atoms with E-state index in [1.165, 1.54) is 45.3 Å². The van der Waals surface area contributed by atoms with E-state index in [2.05, 4.69) is 24.0 Å². The molecule has 0 radical (unpaired) electrons. The zero-order valence-corrected chi connectivity index (χ0v) is 11.2. The standard InChI is InChI=1S/C15H25NO/c1-3-4-5-9-16-10-8-13-11-15(17-2)7-6-14(13)12-16/h6-7,13H,3-5,8-12H2,1-2H3. The highest BCUT2D eigenvalue weighted by Gasteiger charge is 2.26. The van der Waals surface area contributed by atoms with Gasteiger partial charge in [-0.2, -0.15) is 0 Å².